The second-order valence-electron chi connectivity index (χ2n) is 7.38. The molecule has 0 N–H and O–H groups in total. The number of nitrogens with zero attached hydrogens (tertiary/aromatic N) is 2. The first-order valence-corrected chi connectivity index (χ1v) is 10.2. The van der Waals surface area contributed by atoms with Crippen LogP contribution in [-0.4, -0.2) is 15.5 Å². The van der Waals surface area contributed by atoms with E-state index in [-0.39, 0.29) is 6.61 Å². The zero-order valence-electron chi connectivity index (χ0n) is 17.5. The molecule has 0 saturated carbocycles. The molecular formula is C27H24N2O2. The van der Waals surface area contributed by atoms with Crippen molar-refractivity contribution in [1.29, 1.82) is 0 Å². The summed E-state index contributed by atoms with van der Waals surface area (Å²) in [6, 6.07) is 30.5. The summed E-state index contributed by atoms with van der Waals surface area (Å²) in [5, 5.41) is 0. The van der Waals surface area contributed by atoms with Crippen LogP contribution in [0.2, 0.25) is 0 Å². The van der Waals surface area contributed by atoms with Gasteiger partial charge in [-0.2, -0.15) is 0 Å². The van der Waals surface area contributed by atoms with Crippen molar-refractivity contribution in [2.75, 3.05) is 0 Å². The van der Waals surface area contributed by atoms with Crippen molar-refractivity contribution in [2.45, 2.75) is 20.0 Å². The van der Waals surface area contributed by atoms with Gasteiger partial charge < -0.3 is 4.74 Å². The quantitative estimate of drug-likeness (QED) is 0.289. The minimum atomic E-state index is -0.423. The molecule has 4 nitrogen and oxygen atoms in total. The number of ether oxygens (including phenoxy) is 1. The molecule has 4 heteroatoms. The van der Waals surface area contributed by atoms with Gasteiger partial charge in [-0.05, 0) is 24.6 Å². The molecule has 4 rings (SSSR count). The van der Waals surface area contributed by atoms with Gasteiger partial charge in [-0.1, -0.05) is 85.4 Å². The lowest BCUT2D eigenvalue weighted by atomic mass is 10.0. The van der Waals surface area contributed by atoms with E-state index in [4.69, 9.17) is 9.72 Å². The molecule has 0 fully saturated rings. The maximum atomic E-state index is 12.1. The summed E-state index contributed by atoms with van der Waals surface area (Å²) in [7, 11) is 0. The lowest BCUT2D eigenvalue weighted by Crippen LogP contribution is -2.11. The number of imidazole rings is 1. The van der Waals surface area contributed by atoms with Crippen molar-refractivity contribution < 1.29 is 9.53 Å². The average Bonchev–Trinajstić information content (AvgIpc) is 3.17. The Balaban J connectivity index is 1.88. The Labute approximate surface area is 182 Å². The van der Waals surface area contributed by atoms with E-state index in [1.807, 2.05) is 66.7 Å². The van der Waals surface area contributed by atoms with Crippen LogP contribution in [0.3, 0.4) is 0 Å². The highest BCUT2D eigenvalue weighted by molar-refractivity contribution is 5.86. The van der Waals surface area contributed by atoms with Gasteiger partial charge in [0.2, 0.25) is 0 Å². The molecule has 31 heavy (non-hydrogen) atoms. The molecule has 0 aliphatic rings. The van der Waals surface area contributed by atoms with Gasteiger partial charge in [-0.3, -0.25) is 4.57 Å². The molecule has 154 valence electrons. The second kappa shape index (κ2) is 9.26. The summed E-state index contributed by atoms with van der Waals surface area (Å²) in [4.78, 5) is 17.0. The molecule has 0 spiro atoms. The van der Waals surface area contributed by atoms with Gasteiger partial charge in [-0.15, -0.1) is 0 Å². The van der Waals surface area contributed by atoms with Gasteiger partial charge in [-0.25, -0.2) is 9.78 Å². The molecular weight excluding hydrogens is 384 g/mol. The van der Waals surface area contributed by atoms with E-state index in [2.05, 4.69) is 35.4 Å². The van der Waals surface area contributed by atoms with Crippen LogP contribution in [0.1, 0.15) is 24.0 Å². The molecule has 0 amide bonds. The first-order chi connectivity index (χ1) is 15.1. The second-order valence-corrected chi connectivity index (χ2v) is 7.38. The summed E-state index contributed by atoms with van der Waals surface area (Å²) >= 11 is 0. The molecule has 1 heterocycles. The molecule has 0 saturated heterocycles. The molecule has 3 aromatic carbocycles. The van der Waals surface area contributed by atoms with Crippen LogP contribution < -0.4 is 0 Å². The molecule has 0 atom stereocenters. The Bertz CT molecular complexity index is 1180. The van der Waals surface area contributed by atoms with E-state index in [0.29, 0.717) is 17.8 Å². The third-order valence-electron chi connectivity index (χ3n) is 5.00. The number of rotatable bonds is 7. The highest BCUT2D eigenvalue weighted by Crippen LogP contribution is 2.29. The Hall–Kier alpha value is -3.92. The van der Waals surface area contributed by atoms with Crippen molar-refractivity contribution in [2.24, 2.45) is 0 Å². The van der Waals surface area contributed by atoms with Gasteiger partial charge in [0.1, 0.15) is 6.61 Å². The summed E-state index contributed by atoms with van der Waals surface area (Å²) in [6.07, 6.45) is 0.696. The van der Waals surface area contributed by atoms with Gasteiger partial charge >= 0.3 is 5.97 Å². The highest BCUT2D eigenvalue weighted by atomic mass is 16.5. The number of hydrogen-bond acceptors (Lipinski definition) is 3. The zero-order chi connectivity index (χ0) is 21.6. The third-order valence-corrected chi connectivity index (χ3v) is 5.00. The lowest BCUT2D eigenvalue weighted by Gasteiger charge is -2.13. The first kappa shape index (κ1) is 20.4. The van der Waals surface area contributed by atoms with Crippen LogP contribution in [-0.2, 0) is 22.6 Å². The number of esters is 1. The Morgan fingerprint density at radius 2 is 1.48 bits per heavy atom. The molecule has 0 aliphatic heterocycles. The Kier molecular flexibility index (Phi) is 6.08. The van der Waals surface area contributed by atoms with E-state index in [1.54, 1.807) is 6.92 Å². The third kappa shape index (κ3) is 4.64. The van der Waals surface area contributed by atoms with Crippen molar-refractivity contribution >= 4 is 5.97 Å². The van der Waals surface area contributed by atoms with Crippen molar-refractivity contribution in [3.63, 3.8) is 0 Å². The minimum Gasteiger partial charge on any atom is -0.454 e. The van der Waals surface area contributed by atoms with Crippen molar-refractivity contribution in [3.05, 3.63) is 120 Å². The fraction of sp³-hybridized carbons (Fsp3) is 0.111. The van der Waals surface area contributed by atoms with E-state index in [0.717, 1.165) is 22.6 Å². The Morgan fingerprint density at radius 1 is 0.903 bits per heavy atom. The van der Waals surface area contributed by atoms with Gasteiger partial charge in [0.15, 0.2) is 5.82 Å². The number of benzene rings is 3. The van der Waals surface area contributed by atoms with Crippen LogP contribution in [0.25, 0.3) is 16.9 Å². The molecule has 4 aromatic rings. The molecule has 1 aromatic heterocycles. The summed E-state index contributed by atoms with van der Waals surface area (Å²) in [5.41, 5.74) is 5.48. The van der Waals surface area contributed by atoms with Crippen LogP contribution >= 0.6 is 0 Å². The van der Waals surface area contributed by atoms with E-state index < -0.39 is 5.97 Å². The van der Waals surface area contributed by atoms with Crippen LogP contribution in [0, 0.1) is 0 Å². The summed E-state index contributed by atoms with van der Waals surface area (Å²) < 4.78 is 7.58. The van der Waals surface area contributed by atoms with Crippen molar-refractivity contribution in [1.82, 2.24) is 9.55 Å². The predicted molar refractivity (Wildman–Crippen MR) is 123 cm³/mol. The zero-order valence-corrected chi connectivity index (χ0v) is 17.5. The fourth-order valence-corrected chi connectivity index (χ4v) is 3.52. The summed E-state index contributed by atoms with van der Waals surface area (Å²) in [6.45, 7) is 5.38. The standard InChI is InChI=1S/C27H24N2O2/c1-20(2)27(30)31-19-25-28-26(22-14-8-4-9-15-22)24(18-21-12-6-3-7-13-21)29(25)23-16-10-5-11-17-23/h3-17H,1,18-19H2,2H3. The average molecular weight is 409 g/mol. The van der Waals surface area contributed by atoms with Crippen LogP contribution in [0.15, 0.2) is 103 Å². The smallest absolute Gasteiger partial charge is 0.333 e. The van der Waals surface area contributed by atoms with Crippen molar-refractivity contribution in [3.8, 4) is 16.9 Å². The largest absolute Gasteiger partial charge is 0.454 e. The molecule has 0 unspecified atom stereocenters. The number of hydrogen-bond donors (Lipinski definition) is 0. The van der Waals surface area contributed by atoms with Gasteiger partial charge in [0.05, 0.1) is 11.4 Å². The SMILES string of the molecule is C=C(C)C(=O)OCc1nc(-c2ccccc2)c(Cc2ccccc2)n1-c1ccccc1. The number of aromatic nitrogens is 2. The summed E-state index contributed by atoms with van der Waals surface area (Å²) in [5.74, 6) is 0.249. The van der Waals surface area contributed by atoms with E-state index in [9.17, 15) is 4.79 Å². The number of para-hydroxylation sites is 1. The van der Waals surface area contributed by atoms with Gasteiger partial charge in [0.25, 0.3) is 0 Å². The number of carbonyl (C=O) groups excluding carboxylic acids is 1. The number of carbonyl (C=O) groups is 1. The van der Waals surface area contributed by atoms with E-state index in [1.165, 1.54) is 5.56 Å². The normalized spacial score (nSPS) is 10.6. The predicted octanol–water partition coefficient (Wildman–Crippen LogP) is 5.75. The molecule has 0 radical (unpaired) electrons. The minimum absolute atomic E-state index is 0.0647. The molecule has 0 aliphatic carbocycles. The Morgan fingerprint density at radius 3 is 2.10 bits per heavy atom. The fourth-order valence-electron chi connectivity index (χ4n) is 3.52. The molecule has 0 bridgehead atoms. The van der Waals surface area contributed by atoms with Crippen LogP contribution in [0.4, 0.5) is 0 Å². The highest BCUT2D eigenvalue weighted by Gasteiger charge is 2.21. The van der Waals surface area contributed by atoms with Gasteiger partial charge in [0, 0.05) is 23.2 Å². The monoisotopic (exact) mass is 408 g/mol. The first-order valence-electron chi connectivity index (χ1n) is 10.2. The maximum Gasteiger partial charge on any atom is 0.333 e. The van der Waals surface area contributed by atoms with Crippen LogP contribution in [0.5, 0.6) is 0 Å². The maximum absolute atomic E-state index is 12.1. The van der Waals surface area contributed by atoms with E-state index >= 15 is 0 Å². The topological polar surface area (TPSA) is 44.1 Å². The lowest BCUT2D eigenvalue weighted by molar-refractivity contribution is -0.140.